The van der Waals surface area contributed by atoms with Crippen LogP contribution in [0.15, 0.2) is 22.7 Å². The van der Waals surface area contributed by atoms with Crippen molar-refractivity contribution in [1.29, 1.82) is 0 Å². The molecule has 2 heterocycles. The average molecular weight is 270 g/mol. The van der Waals surface area contributed by atoms with E-state index < -0.39 is 62.6 Å². The summed E-state index contributed by atoms with van der Waals surface area (Å²) in [5, 5.41) is 0. The van der Waals surface area contributed by atoms with Gasteiger partial charge in [-0.2, -0.15) is 0 Å². The molecule has 76 valence electrons. The first-order valence-corrected chi connectivity index (χ1v) is 4.35. The Bertz CT molecular complexity index is 850. The maximum absolute atomic E-state index is 8.26. The molecule has 0 radical (unpaired) electrons. The molecular formula is C11H15BrN2. The van der Waals surface area contributed by atoms with Gasteiger partial charge < -0.3 is 4.90 Å². The van der Waals surface area contributed by atoms with E-state index in [1.54, 1.807) is 0 Å². The highest BCUT2D eigenvalue weighted by Gasteiger charge is 2.16. The van der Waals surface area contributed by atoms with E-state index in [0.717, 1.165) is 0 Å². The lowest BCUT2D eigenvalue weighted by Crippen LogP contribution is -2.34. The second-order valence-electron chi connectivity index (χ2n) is 2.30. The molecule has 1 aliphatic rings. The Balaban J connectivity index is 3.04. The van der Waals surface area contributed by atoms with Crippen LogP contribution in [-0.2, 0) is 0 Å². The van der Waals surface area contributed by atoms with Crippen molar-refractivity contribution >= 4 is 21.7 Å². The predicted octanol–water partition coefficient (Wildman–Crippen LogP) is 3.08. The first-order valence-electron chi connectivity index (χ1n) is 11.1. The quantitative estimate of drug-likeness (QED) is 0.779. The maximum Gasteiger partial charge on any atom is 0.128 e. The maximum atomic E-state index is 8.26. The molecule has 1 unspecified atom stereocenters. The molecule has 0 aliphatic carbocycles. The van der Waals surface area contributed by atoms with Crippen molar-refractivity contribution in [1.82, 2.24) is 4.98 Å². The van der Waals surface area contributed by atoms with Crippen LogP contribution in [0.1, 0.15) is 40.2 Å². The molecule has 1 aromatic rings. The summed E-state index contributed by atoms with van der Waals surface area (Å²) in [6, 6.07) is -1.70. The summed E-state index contributed by atoms with van der Waals surface area (Å²) in [5.41, 5.74) is 0. The van der Waals surface area contributed by atoms with Gasteiger partial charge in [0.1, 0.15) is 5.82 Å². The summed E-state index contributed by atoms with van der Waals surface area (Å²) in [7, 11) is 0. The minimum atomic E-state index is -3.88. The Morgan fingerprint density at radius 3 is 3.64 bits per heavy atom. The van der Waals surface area contributed by atoms with Crippen LogP contribution in [0.3, 0.4) is 0 Å². The Morgan fingerprint density at radius 2 is 2.79 bits per heavy atom. The van der Waals surface area contributed by atoms with Gasteiger partial charge in [-0.25, -0.2) is 4.98 Å². The third kappa shape index (κ3) is 2.27. The van der Waals surface area contributed by atoms with Gasteiger partial charge in [-0.3, -0.25) is 0 Å². The van der Waals surface area contributed by atoms with Gasteiger partial charge in [-0.05, 0) is 46.7 Å². The van der Waals surface area contributed by atoms with E-state index in [1.807, 2.05) is 0 Å². The van der Waals surface area contributed by atoms with Crippen molar-refractivity contribution in [3.8, 4) is 0 Å². The smallest absolute Gasteiger partial charge is 0.128 e. The molecule has 14 heavy (non-hydrogen) atoms. The molecule has 2 rings (SSSR count). The van der Waals surface area contributed by atoms with Crippen LogP contribution >= 0.6 is 15.9 Å². The summed E-state index contributed by atoms with van der Waals surface area (Å²) in [4.78, 5) is 3.27. The fourth-order valence-corrected chi connectivity index (χ4v) is 0.982. The van der Waals surface area contributed by atoms with E-state index in [4.69, 9.17) is 20.6 Å². The molecular weight excluding hydrogens is 240 g/mol. The SMILES string of the molecule is [2H]c1nc(N2C([2H])([2H])C([2H])([2H])C([2H])([2H])C([2H])(C([2H])([2H])[2H])C2([2H])[2H])c([2H])c([2H])c1Br. The highest BCUT2D eigenvalue weighted by Crippen LogP contribution is 2.21. The lowest BCUT2D eigenvalue weighted by atomic mass is 10.0. The van der Waals surface area contributed by atoms with Crippen LogP contribution in [-0.4, -0.2) is 18.0 Å². The van der Waals surface area contributed by atoms with E-state index in [9.17, 15) is 0 Å². The largest absolute Gasteiger partial charge is 0.356 e. The number of piperidine rings is 1. The third-order valence-electron chi connectivity index (χ3n) is 1.33. The molecule has 0 N–H and O–H groups in total. The Hall–Kier alpha value is -0.570. The van der Waals surface area contributed by atoms with E-state index in [1.165, 1.54) is 0 Å². The fraction of sp³-hybridized carbons (Fsp3) is 0.545. The number of rotatable bonds is 1. The average Bonchev–Trinajstić information content (AvgIpc) is 2.53. The van der Waals surface area contributed by atoms with Crippen molar-refractivity contribution in [3.05, 3.63) is 22.7 Å². The number of halogens is 1. The predicted molar refractivity (Wildman–Crippen MR) is 62.5 cm³/mol. The van der Waals surface area contributed by atoms with Crippen LogP contribution in [0.25, 0.3) is 0 Å². The Morgan fingerprint density at radius 1 is 1.86 bits per heavy atom. The molecule has 0 amide bonds. The monoisotopic (exact) mass is 269 g/mol. The zero-order valence-corrected chi connectivity index (χ0v) is 8.36. The van der Waals surface area contributed by atoms with Crippen LogP contribution in [0.2, 0.25) is 0 Å². The first kappa shape index (κ1) is 2.40. The van der Waals surface area contributed by atoms with Crippen molar-refractivity contribution in [2.24, 2.45) is 5.89 Å². The highest BCUT2D eigenvalue weighted by molar-refractivity contribution is 9.10. The summed E-state index contributed by atoms with van der Waals surface area (Å²) in [6.07, 6.45) is -8.40. The minimum Gasteiger partial charge on any atom is -0.356 e. The van der Waals surface area contributed by atoms with E-state index in [2.05, 4.69) is 20.9 Å². The topological polar surface area (TPSA) is 16.1 Å². The zero-order valence-electron chi connectivity index (χ0n) is 21.8. The molecule has 0 saturated carbocycles. The van der Waals surface area contributed by atoms with E-state index >= 15 is 0 Å². The number of nitrogens with zero attached hydrogens (tertiary/aromatic N) is 2. The highest BCUT2D eigenvalue weighted by atomic mass is 79.9. The van der Waals surface area contributed by atoms with Gasteiger partial charge >= 0.3 is 0 Å². The molecule has 1 fully saturated rings. The Labute approximate surface area is 115 Å². The lowest BCUT2D eigenvalue weighted by molar-refractivity contribution is 0.444. The van der Waals surface area contributed by atoms with Crippen LogP contribution in [0.4, 0.5) is 5.82 Å². The summed E-state index contributed by atoms with van der Waals surface area (Å²) >= 11 is 2.82. The number of aromatic nitrogens is 1. The molecule has 1 saturated heterocycles. The molecule has 0 spiro atoms. The molecule has 0 bridgehead atoms. The van der Waals surface area contributed by atoms with Gasteiger partial charge in [-0.15, -0.1) is 0 Å². The van der Waals surface area contributed by atoms with E-state index in [0.29, 0.717) is 0 Å². The van der Waals surface area contributed by atoms with Gasteiger partial charge in [0, 0.05) is 40.1 Å². The molecule has 2 nitrogen and oxygen atoms in total. The van der Waals surface area contributed by atoms with Crippen molar-refractivity contribution < 1.29 is 20.6 Å². The molecule has 1 atom stereocenters. The summed E-state index contributed by atoms with van der Waals surface area (Å²) in [6.45, 7) is -11.2. The molecule has 1 aromatic heterocycles. The first-order chi connectivity index (χ1) is 12.6. The second-order valence-corrected chi connectivity index (χ2v) is 3.09. The number of pyridine rings is 1. The van der Waals surface area contributed by atoms with Gasteiger partial charge in [-0.1, -0.05) is 6.85 Å². The van der Waals surface area contributed by atoms with Crippen LogP contribution in [0, 0.1) is 5.89 Å². The van der Waals surface area contributed by atoms with Crippen molar-refractivity contribution in [2.45, 2.75) is 19.6 Å². The summed E-state index contributed by atoms with van der Waals surface area (Å²) in [5.74, 6) is -4.98. The second kappa shape index (κ2) is 4.30. The van der Waals surface area contributed by atoms with Crippen LogP contribution in [0.5, 0.6) is 0 Å². The van der Waals surface area contributed by atoms with Gasteiger partial charge in [0.05, 0.1) is 4.11 Å². The lowest BCUT2D eigenvalue weighted by Gasteiger charge is -2.31. The van der Waals surface area contributed by atoms with Crippen molar-refractivity contribution in [3.63, 3.8) is 0 Å². The van der Waals surface area contributed by atoms with Crippen molar-refractivity contribution in [2.75, 3.05) is 17.9 Å². The molecule has 0 aromatic carbocycles. The van der Waals surface area contributed by atoms with E-state index in [-0.39, 0.29) is 9.37 Å². The normalized spacial score (nSPS) is 58.6. The summed E-state index contributed by atoms with van der Waals surface area (Å²) < 4.78 is 119. The standard InChI is InChI=1S/C11H15BrN2/c1-9-3-2-6-14(8-9)11-5-4-10(12)7-13-11/h4-5,7,9H,2-3,6,8H2,1H3/i1D3,2D2,3D2,4D,5D,6D2,7D,8D2,9D. The minimum absolute atomic E-state index is 0.244. The van der Waals surface area contributed by atoms with Crippen LogP contribution < -0.4 is 4.90 Å². The Kier molecular flexibility index (Phi) is 0.736. The zero-order chi connectivity index (χ0) is 23.2. The van der Waals surface area contributed by atoms with Gasteiger partial charge in [0.25, 0.3) is 0 Å². The number of hydrogen-bond acceptors (Lipinski definition) is 2. The fourth-order valence-electron chi connectivity index (χ4n) is 0.795. The molecule has 1 aliphatic heterocycles. The van der Waals surface area contributed by atoms with Gasteiger partial charge in [0.2, 0.25) is 0 Å². The number of hydrogen-bond donors (Lipinski definition) is 0. The van der Waals surface area contributed by atoms with Gasteiger partial charge in [0.15, 0.2) is 0 Å². The molecule has 3 heteroatoms. The third-order valence-corrected chi connectivity index (χ3v) is 1.71. The number of anilines is 1.